The number of fused-ring (bicyclic) bond motifs is 1. The van der Waals surface area contributed by atoms with Crippen LogP contribution >= 0.6 is 0 Å². The Morgan fingerprint density at radius 2 is 1.85 bits per heavy atom. The Balaban J connectivity index is 1.54. The van der Waals surface area contributed by atoms with Crippen LogP contribution in [0.25, 0.3) is 0 Å². The van der Waals surface area contributed by atoms with Crippen molar-refractivity contribution in [2.75, 3.05) is 6.73 Å². The van der Waals surface area contributed by atoms with Crippen LogP contribution in [0.3, 0.4) is 0 Å². The first-order valence-corrected chi connectivity index (χ1v) is 10.1. The molecule has 4 nitrogen and oxygen atoms in total. The molecule has 0 aliphatic heterocycles. The van der Waals surface area contributed by atoms with Gasteiger partial charge in [0.05, 0.1) is 6.04 Å². The Bertz CT molecular complexity index is 773. The average Bonchev–Trinajstić information content (AvgIpc) is 2.72. The molecule has 2 aromatic carbocycles. The largest absolute Gasteiger partial charge is 0.473 e. The lowest BCUT2D eigenvalue weighted by atomic mass is 9.89. The quantitative estimate of drug-likeness (QED) is 0.684. The zero-order valence-corrected chi connectivity index (χ0v) is 16.4. The third-order valence-electron chi connectivity index (χ3n) is 5.30. The molecule has 27 heavy (non-hydrogen) atoms. The minimum absolute atomic E-state index is 0.0140. The number of carbonyl (C=O) groups excluding carboxylic acids is 1. The molecular formula is C23H30N2O2. The van der Waals surface area contributed by atoms with Gasteiger partial charge in [-0.3, -0.25) is 0 Å². The highest BCUT2D eigenvalue weighted by Crippen LogP contribution is 2.26. The van der Waals surface area contributed by atoms with Crippen molar-refractivity contribution in [1.29, 1.82) is 0 Å². The molecule has 0 radical (unpaired) electrons. The number of amides is 2. The maximum absolute atomic E-state index is 12.3. The van der Waals surface area contributed by atoms with Crippen LogP contribution in [0.15, 0.2) is 42.5 Å². The minimum atomic E-state index is -0.200. The first-order valence-electron chi connectivity index (χ1n) is 10.1. The van der Waals surface area contributed by atoms with Crippen molar-refractivity contribution in [3.05, 3.63) is 64.7 Å². The predicted molar refractivity (Wildman–Crippen MR) is 109 cm³/mol. The van der Waals surface area contributed by atoms with Crippen LogP contribution < -0.4 is 15.4 Å². The van der Waals surface area contributed by atoms with Gasteiger partial charge < -0.3 is 15.4 Å². The van der Waals surface area contributed by atoms with E-state index in [0.29, 0.717) is 0 Å². The zero-order chi connectivity index (χ0) is 19.1. The van der Waals surface area contributed by atoms with E-state index < -0.39 is 0 Å². The smallest absolute Gasteiger partial charge is 0.317 e. The molecule has 1 atom stereocenters. The van der Waals surface area contributed by atoms with E-state index in [1.54, 1.807) is 0 Å². The van der Waals surface area contributed by atoms with Gasteiger partial charge in [0.2, 0.25) is 0 Å². The summed E-state index contributed by atoms with van der Waals surface area (Å²) in [6.07, 6.45) is 6.63. The summed E-state index contributed by atoms with van der Waals surface area (Å²) in [6, 6.07) is 14.4. The van der Waals surface area contributed by atoms with E-state index in [9.17, 15) is 4.79 Å². The molecule has 0 heterocycles. The monoisotopic (exact) mass is 366 g/mol. The van der Waals surface area contributed by atoms with Crippen molar-refractivity contribution in [3.8, 4) is 5.75 Å². The number of nitrogens with one attached hydrogen (secondary N) is 2. The molecule has 0 bridgehead atoms. The number of ether oxygens (including phenoxy) is 1. The van der Waals surface area contributed by atoms with Crippen LogP contribution in [0.1, 0.15) is 61.4 Å². The maximum Gasteiger partial charge on any atom is 0.317 e. The fourth-order valence-corrected chi connectivity index (χ4v) is 3.72. The number of carbonyl (C=O) groups is 1. The van der Waals surface area contributed by atoms with Crippen molar-refractivity contribution in [2.45, 2.75) is 58.4 Å². The van der Waals surface area contributed by atoms with Gasteiger partial charge in [-0.15, -0.1) is 0 Å². The first kappa shape index (κ1) is 19.3. The zero-order valence-electron chi connectivity index (χ0n) is 16.4. The molecule has 3 rings (SSSR count). The molecule has 0 saturated heterocycles. The summed E-state index contributed by atoms with van der Waals surface area (Å²) in [7, 11) is 0. The summed E-state index contributed by atoms with van der Waals surface area (Å²) in [6.45, 7) is 4.34. The number of para-hydroxylation sites is 1. The summed E-state index contributed by atoms with van der Waals surface area (Å²) < 4.78 is 5.72. The predicted octanol–water partition coefficient (Wildman–Crippen LogP) is 4.91. The van der Waals surface area contributed by atoms with Gasteiger partial charge in [-0.2, -0.15) is 0 Å². The molecule has 0 fully saturated rings. The van der Waals surface area contributed by atoms with E-state index in [0.717, 1.165) is 30.6 Å². The Kier molecular flexibility index (Phi) is 6.74. The van der Waals surface area contributed by atoms with Crippen LogP contribution in [0.2, 0.25) is 0 Å². The third-order valence-corrected chi connectivity index (χ3v) is 5.30. The van der Waals surface area contributed by atoms with E-state index in [2.05, 4.69) is 42.7 Å². The Morgan fingerprint density at radius 3 is 2.63 bits per heavy atom. The molecule has 2 aromatic rings. The van der Waals surface area contributed by atoms with Gasteiger partial charge in [0.15, 0.2) is 6.73 Å². The first-order chi connectivity index (χ1) is 13.2. The van der Waals surface area contributed by atoms with Crippen molar-refractivity contribution in [1.82, 2.24) is 10.6 Å². The molecule has 1 unspecified atom stereocenters. The summed E-state index contributed by atoms with van der Waals surface area (Å²) in [5, 5.41) is 5.88. The number of hydrogen-bond donors (Lipinski definition) is 2. The molecule has 1 aliphatic rings. The van der Waals surface area contributed by atoms with E-state index in [-0.39, 0.29) is 18.8 Å². The topological polar surface area (TPSA) is 50.4 Å². The molecule has 0 saturated carbocycles. The van der Waals surface area contributed by atoms with Gasteiger partial charge >= 0.3 is 6.03 Å². The lowest BCUT2D eigenvalue weighted by Gasteiger charge is -2.22. The Labute approximate surface area is 162 Å². The fourth-order valence-electron chi connectivity index (χ4n) is 3.72. The average molecular weight is 367 g/mol. The molecule has 2 N–H and O–H groups in total. The second-order valence-corrected chi connectivity index (χ2v) is 7.10. The number of urea groups is 1. The van der Waals surface area contributed by atoms with Crippen molar-refractivity contribution in [2.24, 2.45) is 0 Å². The van der Waals surface area contributed by atoms with E-state index in [1.165, 1.54) is 36.0 Å². The van der Waals surface area contributed by atoms with Gasteiger partial charge in [0.25, 0.3) is 0 Å². The van der Waals surface area contributed by atoms with Crippen LogP contribution in [-0.4, -0.2) is 12.8 Å². The molecule has 2 amide bonds. The highest BCUT2D eigenvalue weighted by atomic mass is 16.5. The highest BCUT2D eigenvalue weighted by molar-refractivity contribution is 5.74. The summed E-state index contributed by atoms with van der Waals surface area (Å²) in [4.78, 5) is 12.3. The van der Waals surface area contributed by atoms with Crippen molar-refractivity contribution < 1.29 is 9.53 Å². The lowest BCUT2D eigenvalue weighted by molar-refractivity contribution is 0.220. The fraction of sp³-hybridized carbons (Fsp3) is 0.435. The second-order valence-electron chi connectivity index (χ2n) is 7.10. The normalized spacial score (nSPS) is 14.1. The molecule has 1 aliphatic carbocycles. The maximum atomic E-state index is 12.3. The molecule has 0 spiro atoms. The summed E-state index contributed by atoms with van der Waals surface area (Å²) in [5.74, 6) is 0.821. The minimum Gasteiger partial charge on any atom is -0.473 e. The van der Waals surface area contributed by atoms with Gasteiger partial charge in [0, 0.05) is 0 Å². The molecular weight excluding hydrogens is 336 g/mol. The van der Waals surface area contributed by atoms with Crippen LogP contribution in [0, 0.1) is 0 Å². The van der Waals surface area contributed by atoms with Crippen molar-refractivity contribution in [3.63, 3.8) is 0 Å². The van der Waals surface area contributed by atoms with Crippen LogP contribution in [0.4, 0.5) is 4.79 Å². The Hall–Kier alpha value is -2.49. The van der Waals surface area contributed by atoms with Gasteiger partial charge in [-0.25, -0.2) is 4.79 Å². The van der Waals surface area contributed by atoms with E-state index in [1.807, 2.05) is 24.3 Å². The number of hydrogen-bond acceptors (Lipinski definition) is 2. The molecule has 4 heteroatoms. The Morgan fingerprint density at radius 1 is 1.07 bits per heavy atom. The number of rotatable bonds is 7. The van der Waals surface area contributed by atoms with E-state index in [4.69, 9.17) is 4.74 Å². The van der Waals surface area contributed by atoms with E-state index >= 15 is 0 Å². The second kappa shape index (κ2) is 9.45. The van der Waals surface area contributed by atoms with Crippen LogP contribution in [-0.2, 0) is 19.3 Å². The van der Waals surface area contributed by atoms with Crippen molar-refractivity contribution >= 4 is 6.03 Å². The highest BCUT2D eigenvalue weighted by Gasteiger charge is 2.16. The SMILES string of the molecule is CCc1ccccc1OCNC(=O)NC(CC)c1ccc2c(c1)CCCC2. The number of benzene rings is 2. The number of aryl methyl sites for hydroxylation is 3. The van der Waals surface area contributed by atoms with Crippen LogP contribution in [0.5, 0.6) is 5.75 Å². The summed E-state index contributed by atoms with van der Waals surface area (Å²) >= 11 is 0. The standard InChI is InChI=1S/C23H30N2O2/c1-3-17-9-7-8-12-22(17)27-16-24-23(26)25-21(4-2)20-14-13-18-10-5-6-11-19(18)15-20/h7-9,12-15,21H,3-6,10-11,16H2,1-2H3,(H2,24,25,26). The third kappa shape index (κ3) is 5.03. The lowest BCUT2D eigenvalue weighted by Crippen LogP contribution is -2.39. The molecule has 144 valence electrons. The van der Waals surface area contributed by atoms with Gasteiger partial charge in [-0.1, -0.05) is 50.2 Å². The van der Waals surface area contributed by atoms with Gasteiger partial charge in [0.1, 0.15) is 5.75 Å². The summed E-state index contributed by atoms with van der Waals surface area (Å²) in [5.41, 5.74) is 5.23. The molecule has 0 aromatic heterocycles. The van der Waals surface area contributed by atoms with Gasteiger partial charge in [-0.05, 0) is 66.8 Å².